The summed E-state index contributed by atoms with van der Waals surface area (Å²) >= 11 is 0. The summed E-state index contributed by atoms with van der Waals surface area (Å²) in [5, 5.41) is 28.6. The number of nitrogens with zero attached hydrogens (tertiary/aromatic N) is 1. The maximum atomic E-state index is 11.6. The zero-order chi connectivity index (χ0) is 13.4. The highest BCUT2D eigenvalue weighted by molar-refractivity contribution is 5.02. The van der Waals surface area contributed by atoms with Crippen molar-refractivity contribution in [3.8, 4) is 0 Å². The number of hydrogen-bond donors (Lipinski definition) is 4. The maximum Gasteiger partial charge on any atom is 0.330 e. The summed E-state index contributed by atoms with van der Waals surface area (Å²) in [6.45, 7) is 1.28. The summed E-state index contributed by atoms with van der Waals surface area (Å²) in [5.41, 5.74) is -1.01. The van der Waals surface area contributed by atoms with Crippen LogP contribution < -0.4 is 11.2 Å². The number of aromatic nitrogens is 2. The molecule has 0 amide bonds. The molecule has 0 spiro atoms. The van der Waals surface area contributed by atoms with Crippen LogP contribution in [0.25, 0.3) is 0 Å². The molecule has 18 heavy (non-hydrogen) atoms. The Morgan fingerprint density at radius 3 is 2.67 bits per heavy atom. The van der Waals surface area contributed by atoms with E-state index in [4.69, 9.17) is 4.74 Å². The Bertz CT molecular complexity index is 550. The van der Waals surface area contributed by atoms with Gasteiger partial charge in [-0.25, -0.2) is 4.79 Å². The van der Waals surface area contributed by atoms with E-state index in [9.17, 15) is 24.9 Å². The first-order valence-corrected chi connectivity index (χ1v) is 5.39. The van der Waals surface area contributed by atoms with Crippen molar-refractivity contribution in [3.05, 3.63) is 32.6 Å². The lowest BCUT2D eigenvalue weighted by Gasteiger charge is -2.35. The summed E-state index contributed by atoms with van der Waals surface area (Å²) < 4.78 is 6.10. The van der Waals surface area contributed by atoms with Crippen LogP contribution in [0.4, 0.5) is 0 Å². The fourth-order valence-corrected chi connectivity index (χ4v) is 1.81. The summed E-state index contributed by atoms with van der Waals surface area (Å²) in [6, 6.07) is 0. The van der Waals surface area contributed by atoms with Crippen LogP contribution in [0.3, 0.4) is 0 Å². The second-order valence-corrected chi connectivity index (χ2v) is 4.25. The zero-order valence-corrected chi connectivity index (χ0v) is 9.61. The third kappa shape index (κ3) is 2.10. The molecule has 100 valence electrons. The molecule has 8 heteroatoms. The fourth-order valence-electron chi connectivity index (χ4n) is 1.81. The molecule has 4 N–H and O–H groups in total. The highest BCUT2D eigenvalue weighted by Gasteiger charge is 2.39. The minimum atomic E-state index is -1.46. The number of aryl methyl sites for hydroxylation is 1. The average molecular weight is 258 g/mol. The van der Waals surface area contributed by atoms with Crippen LogP contribution in [0.15, 0.2) is 15.8 Å². The Hall–Kier alpha value is -1.48. The topological polar surface area (TPSA) is 125 Å². The number of aliphatic hydroxyl groups is 3. The van der Waals surface area contributed by atoms with Gasteiger partial charge in [-0.05, 0) is 6.92 Å². The van der Waals surface area contributed by atoms with Gasteiger partial charge in [0.05, 0.1) is 6.61 Å². The van der Waals surface area contributed by atoms with Crippen molar-refractivity contribution in [3.63, 3.8) is 0 Å². The number of nitrogens with one attached hydrogen (secondary N) is 1. The third-order valence-electron chi connectivity index (χ3n) is 2.89. The first kappa shape index (κ1) is 13.0. The van der Waals surface area contributed by atoms with Crippen molar-refractivity contribution in [1.82, 2.24) is 9.55 Å². The normalized spacial score (nSPS) is 32.4. The Labute approximate surface area is 101 Å². The Kier molecular flexibility index (Phi) is 3.35. The predicted molar refractivity (Wildman–Crippen MR) is 59.1 cm³/mol. The smallest absolute Gasteiger partial charge is 0.330 e. The summed E-state index contributed by atoms with van der Waals surface area (Å²) in [7, 11) is 0. The SMILES string of the molecule is Cc1cn(C2OC[C@@H](O)[C@@H](O)[C@H]2O)c(=O)[nH]c1=O. The monoisotopic (exact) mass is 258 g/mol. The number of rotatable bonds is 1. The molecule has 8 nitrogen and oxygen atoms in total. The Morgan fingerprint density at radius 1 is 1.33 bits per heavy atom. The molecule has 2 heterocycles. The lowest BCUT2D eigenvalue weighted by molar-refractivity contribution is -0.212. The van der Waals surface area contributed by atoms with E-state index in [1.807, 2.05) is 0 Å². The van der Waals surface area contributed by atoms with Gasteiger partial charge in [0.25, 0.3) is 5.56 Å². The highest BCUT2D eigenvalue weighted by atomic mass is 16.5. The van der Waals surface area contributed by atoms with Crippen LogP contribution in [-0.2, 0) is 4.74 Å². The number of hydrogen-bond acceptors (Lipinski definition) is 6. The molecule has 4 atom stereocenters. The lowest BCUT2D eigenvalue weighted by atomic mass is 10.0. The standard InChI is InChI=1S/C10H14N2O6/c1-4-2-12(10(17)11-8(4)16)9-7(15)6(14)5(13)3-18-9/h2,5-7,9,13-15H,3H2,1H3,(H,11,16,17)/t5-,6-,7-,9?/m1/s1. The van der Waals surface area contributed by atoms with Crippen LogP contribution in [0.5, 0.6) is 0 Å². The van der Waals surface area contributed by atoms with Gasteiger partial charge < -0.3 is 20.1 Å². The molecule has 1 fully saturated rings. The molecular formula is C10H14N2O6. The van der Waals surface area contributed by atoms with E-state index in [2.05, 4.69) is 4.98 Å². The molecule has 1 aromatic heterocycles. The molecule has 0 radical (unpaired) electrons. The molecular weight excluding hydrogens is 244 g/mol. The minimum absolute atomic E-state index is 0.215. The van der Waals surface area contributed by atoms with Crippen molar-refractivity contribution in [2.24, 2.45) is 0 Å². The third-order valence-corrected chi connectivity index (χ3v) is 2.89. The lowest BCUT2D eigenvalue weighted by Crippen LogP contribution is -2.52. The van der Waals surface area contributed by atoms with Gasteiger partial charge in [0.1, 0.15) is 18.3 Å². The second kappa shape index (κ2) is 4.65. The van der Waals surface area contributed by atoms with Crippen LogP contribution >= 0.6 is 0 Å². The molecule has 1 aromatic rings. The summed E-state index contributed by atoms with van der Waals surface area (Å²) in [5.74, 6) is 0. The van der Waals surface area contributed by atoms with Gasteiger partial charge in [-0.3, -0.25) is 14.3 Å². The minimum Gasteiger partial charge on any atom is -0.388 e. The van der Waals surface area contributed by atoms with Gasteiger partial charge in [-0.1, -0.05) is 0 Å². The molecule has 1 aliphatic heterocycles. The van der Waals surface area contributed by atoms with E-state index >= 15 is 0 Å². The molecule has 2 rings (SSSR count). The number of ether oxygens (including phenoxy) is 1. The molecule has 1 saturated heterocycles. The number of aromatic amines is 1. The van der Waals surface area contributed by atoms with Gasteiger partial charge >= 0.3 is 5.69 Å². The van der Waals surface area contributed by atoms with Gasteiger partial charge in [0.15, 0.2) is 6.23 Å². The van der Waals surface area contributed by atoms with Crippen LogP contribution in [0.2, 0.25) is 0 Å². The molecule has 0 aliphatic carbocycles. The Morgan fingerprint density at radius 2 is 2.00 bits per heavy atom. The Balaban J connectivity index is 2.41. The van der Waals surface area contributed by atoms with Crippen LogP contribution in [-0.4, -0.2) is 49.8 Å². The van der Waals surface area contributed by atoms with E-state index < -0.39 is 35.8 Å². The van der Waals surface area contributed by atoms with E-state index in [1.165, 1.54) is 13.1 Å². The first-order chi connectivity index (χ1) is 8.41. The molecule has 0 aromatic carbocycles. The highest BCUT2D eigenvalue weighted by Crippen LogP contribution is 2.22. The van der Waals surface area contributed by atoms with Crippen molar-refractivity contribution in [2.45, 2.75) is 31.5 Å². The van der Waals surface area contributed by atoms with Crippen LogP contribution in [0.1, 0.15) is 11.8 Å². The van der Waals surface area contributed by atoms with Crippen molar-refractivity contribution >= 4 is 0 Å². The summed E-state index contributed by atoms with van der Waals surface area (Å²) in [4.78, 5) is 24.9. The van der Waals surface area contributed by atoms with E-state index in [0.29, 0.717) is 0 Å². The van der Waals surface area contributed by atoms with Crippen molar-refractivity contribution in [2.75, 3.05) is 6.61 Å². The van der Waals surface area contributed by atoms with Gasteiger partial charge in [0.2, 0.25) is 0 Å². The second-order valence-electron chi connectivity index (χ2n) is 4.25. The van der Waals surface area contributed by atoms with Gasteiger partial charge in [-0.2, -0.15) is 0 Å². The largest absolute Gasteiger partial charge is 0.388 e. The quantitative estimate of drug-likeness (QED) is 0.440. The predicted octanol–water partition coefficient (Wildman–Crippen LogP) is -2.54. The first-order valence-electron chi connectivity index (χ1n) is 5.39. The van der Waals surface area contributed by atoms with Crippen molar-refractivity contribution in [1.29, 1.82) is 0 Å². The summed E-state index contributed by atoms with van der Waals surface area (Å²) in [6.07, 6.45) is -4.00. The number of H-pyrrole nitrogens is 1. The number of aliphatic hydroxyl groups excluding tert-OH is 3. The van der Waals surface area contributed by atoms with E-state index in [-0.39, 0.29) is 12.2 Å². The van der Waals surface area contributed by atoms with E-state index in [0.717, 1.165) is 4.57 Å². The van der Waals surface area contributed by atoms with Gasteiger partial charge in [0, 0.05) is 11.8 Å². The average Bonchev–Trinajstić information content (AvgIpc) is 2.32. The fraction of sp³-hybridized carbons (Fsp3) is 0.600. The zero-order valence-electron chi connectivity index (χ0n) is 9.61. The molecule has 0 saturated carbocycles. The van der Waals surface area contributed by atoms with E-state index in [1.54, 1.807) is 0 Å². The molecule has 1 unspecified atom stereocenters. The van der Waals surface area contributed by atoms with Crippen molar-refractivity contribution < 1.29 is 20.1 Å². The molecule has 0 bridgehead atoms. The van der Waals surface area contributed by atoms with Gasteiger partial charge in [-0.15, -0.1) is 0 Å². The van der Waals surface area contributed by atoms with Crippen LogP contribution in [0, 0.1) is 6.92 Å². The molecule has 1 aliphatic rings. The maximum absolute atomic E-state index is 11.6.